The molecule has 0 aromatic rings. The first-order chi connectivity index (χ1) is 6.01. The van der Waals surface area contributed by atoms with Crippen LogP contribution in [-0.2, 0) is 4.74 Å². The Morgan fingerprint density at radius 2 is 2.31 bits per heavy atom. The Bertz CT molecular complexity index is 215. The van der Waals surface area contributed by atoms with E-state index in [-0.39, 0.29) is 5.54 Å². The molecule has 0 saturated heterocycles. The van der Waals surface area contributed by atoms with Gasteiger partial charge in [0, 0.05) is 13.2 Å². The zero-order valence-electron chi connectivity index (χ0n) is 8.87. The van der Waals surface area contributed by atoms with E-state index in [1.54, 1.807) is 7.11 Å². The van der Waals surface area contributed by atoms with Crippen molar-refractivity contribution in [2.45, 2.75) is 32.4 Å². The number of aliphatic imine (C=N–C) groups is 1. The zero-order chi connectivity index (χ0) is 10.1. The van der Waals surface area contributed by atoms with Crippen molar-refractivity contribution in [2.24, 2.45) is 10.7 Å². The van der Waals surface area contributed by atoms with Crippen LogP contribution >= 0.6 is 0 Å². The van der Waals surface area contributed by atoms with Crippen LogP contribution in [0.4, 0.5) is 0 Å². The molecular formula is C9H19N3O. The van der Waals surface area contributed by atoms with Crippen LogP contribution < -0.4 is 5.73 Å². The second-order valence-electron chi connectivity index (χ2n) is 4.07. The lowest BCUT2D eigenvalue weighted by Gasteiger charge is -2.38. The van der Waals surface area contributed by atoms with Crippen LogP contribution in [0.25, 0.3) is 0 Å². The number of hydrogen-bond donors (Lipinski definition) is 1. The quantitative estimate of drug-likeness (QED) is 0.693. The smallest absolute Gasteiger partial charge is 0.192 e. The Balaban J connectivity index is 2.78. The lowest BCUT2D eigenvalue weighted by Crippen LogP contribution is -2.55. The maximum atomic E-state index is 5.81. The Morgan fingerprint density at radius 1 is 1.69 bits per heavy atom. The van der Waals surface area contributed by atoms with Crippen molar-refractivity contribution in [3.05, 3.63) is 0 Å². The minimum atomic E-state index is -0.0625. The third kappa shape index (κ3) is 1.77. The summed E-state index contributed by atoms with van der Waals surface area (Å²) in [7, 11) is 1.71. The van der Waals surface area contributed by atoms with Crippen LogP contribution in [0.3, 0.4) is 0 Å². The van der Waals surface area contributed by atoms with Crippen molar-refractivity contribution < 1.29 is 4.74 Å². The highest BCUT2D eigenvalue weighted by molar-refractivity contribution is 5.81. The summed E-state index contributed by atoms with van der Waals surface area (Å²) in [6, 6.07) is 0.367. The maximum Gasteiger partial charge on any atom is 0.192 e. The molecule has 0 aromatic heterocycles. The Kier molecular flexibility index (Phi) is 2.81. The monoisotopic (exact) mass is 185 g/mol. The highest BCUT2D eigenvalue weighted by Crippen LogP contribution is 2.23. The molecule has 0 aliphatic carbocycles. The molecule has 0 aromatic carbocycles. The fourth-order valence-corrected chi connectivity index (χ4v) is 1.99. The van der Waals surface area contributed by atoms with Crippen LogP contribution in [0.15, 0.2) is 4.99 Å². The van der Waals surface area contributed by atoms with Crippen LogP contribution in [0.2, 0.25) is 0 Å². The van der Waals surface area contributed by atoms with Crippen molar-refractivity contribution in [1.29, 1.82) is 0 Å². The molecule has 4 heteroatoms. The number of methoxy groups -OCH3 is 1. The average Bonchev–Trinajstić information content (AvgIpc) is 2.27. The van der Waals surface area contributed by atoms with E-state index in [9.17, 15) is 0 Å². The Morgan fingerprint density at radius 3 is 2.77 bits per heavy atom. The van der Waals surface area contributed by atoms with Gasteiger partial charge in [0.2, 0.25) is 0 Å². The predicted molar refractivity (Wildman–Crippen MR) is 53.7 cm³/mol. The van der Waals surface area contributed by atoms with Gasteiger partial charge >= 0.3 is 0 Å². The maximum absolute atomic E-state index is 5.81. The van der Waals surface area contributed by atoms with E-state index in [1.807, 2.05) is 0 Å². The van der Waals surface area contributed by atoms with Gasteiger partial charge in [0.1, 0.15) is 0 Å². The minimum Gasteiger partial charge on any atom is -0.382 e. The van der Waals surface area contributed by atoms with Gasteiger partial charge in [-0.1, -0.05) is 0 Å². The van der Waals surface area contributed by atoms with Gasteiger partial charge in [-0.2, -0.15) is 0 Å². The fraction of sp³-hybridized carbons (Fsp3) is 0.889. The standard InChI is InChI=1S/C9H19N3O/c1-7(2)12-8(10)11-5-9(12,3)6-13-4/h7H,5-6H2,1-4H3,(H2,10,11). The second-order valence-corrected chi connectivity index (χ2v) is 4.07. The average molecular weight is 185 g/mol. The molecule has 1 aliphatic heterocycles. The summed E-state index contributed by atoms with van der Waals surface area (Å²) in [6.07, 6.45) is 0. The van der Waals surface area contributed by atoms with Crippen LogP contribution in [0, 0.1) is 0 Å². The molecular weight excluding hydrogens is 166 g/mol. The summed E-state index contributed by atoms with van der Waals surface area (Å²) in [4.78, 5) is 6.37. The van der Waals surface area contributed by atoms with Gasteiger partial charge in [0.25, 0.3) is 0 Å². The molecule has 0 spiro atoms. The van der Waals surface area contributed by atoms with Crippen LogP contribution in [0.1, 0.15) is 20.8 Å². The lowest BCUT2D eigenvalue weighted by atomic mass is 10.0. The Hall–Kier alpha value is -0.770. The number of nitrogens with zero attached hydrogens (tertiary/aromatic N) is 2. The second kappa shape index (κ2) is 3.54. The van der Waals surface area contributed by atoms with Crippen molar-refractivity contribution in [3.8, 4) is 0 Å². The summed E-state index contributed by atoms with van der Waals surface area (Å²) in [5.41, 5.74) is 5.74. The third-order valence-corrected chi connectivity index (χ3v) is 2.38. The van der Waals surface area contributed by atoms with E-state index in [1.165, 1.54) is 0 Å². The SMILES string of the molecule is COCC1(C)CN=C(N)N1C(C)C. The van der Waals surface area contributed by atoms with E-state index >= 15 is 0 Å². The molecule has 0 radical (unpaired) electrons. The lowest BCUT2D eigenvalue weighted by molar-refractivity contribution is 0.0650. The van der Waals surface area contributed by atoms with E-state index in [0.29, 0.717) is 18.6 Å². The molecule has 13 heavy (non-hydrogen) atoms. The highest BCUT2D eigenvalue weighted by Gasteiger charge is 2.39. The number of guanidine groups is 1. The van der Waals surface area contributed by atoms with Crippen LogP contribution in [-0.4, -0.2) is 42.7 Å². The van der Waals surface area contributed by atoms with E-state index in [4.69, 9.17) is 10.5 Å². The first-order valence-corrected chi connectivity index (χ1v) is 4.59. The molecule has 0 amide bonds. The third-order valence-electron chi connectivity index (χ3n) is 2.38. The molecule has 0 bridgehead atoms. The molecule has 0 saturated carbocycles. The van der Waals surface area contributed by atoms with Gasteiger partial charge in [-0.3, -0.25) is 4.99 Å². The van der Waals surface area contributed by atoms with Gasteiger partial charge in [-0.05, 0) is 20.8 Å². The van der Waals surface area contributed by atoms with Gasteiger partial charge in [-0.15, -0.1) is 0 Å². The number of rotatable bonds is 3. The zero-order valence-corrected chi connectivity index (χ0v) is 8.87. The molecule has 1 rings (SSSR count). The molecule has 1 unspecified atom stereocenters. The predicted octanol–water partition coefficient (Wildman–Crippen LogP) is 0.430. The number of nitrogens with two attached hydrogens (primary N) is 1. The molecule has 4 nitrogen and oxygen atoms in total. The normalized spacial score (nSPS) is 28.4. The molecule has 1 atom stereocenters. The molecule has 0 fully saturated rings. The van der Waals surface area contributed by atoms with Crippen molar-refractivity contribution in [2.75, 3.05) is 20.3 Å². The van der Waals surface area contributed by atoms with Crippen molar-refractivity contribution >= 4 is 5.96 Å². The van der Waals surface area contributed by atoms with Gasteiger partial charge in [0.05, 0.1) is 18.7 Å². The fourth-order valence-electron chi connectivity index (χ4n) is 1.99. The summed E-state index contributed by atoms with van der Waals surface area (Å²) in [5.74, 6) is 0.634. The Labute approximate surface area is 79.8 Å². The number of hydrogen-bond acceptors (Lipinski definition) is 4. The topological polar surface area (TPSA) is 50.9 Å². The largest absolute Gasteiger partial charge is 0.382 e. The van der Waals surface area contributed by atoms with Crippen molar-refractivity contribution in [1.82, 2.24) is 4.90 Å². The molecule has 1 aliphatic rings. The van der Waals surface area contributed by atoms with Gasteiger partial charge in [-0.25, -0.2) is 0 Å². The first-order valence-electron chi connectivity index (χ1n) is 4.59. The minimum absolute atomic E-state index is 0.0625. The number of ether oxygens (including phenoxy) is 1. The summed E-state index contributed by atoms with van der Waals surface area (Å²) in [6.45, 7) is 7.74. The van der Waals surface area contributed by atoms with Gasteiger partial charge < -0.3 is 15.4 Å². The van der Waals surface area contributed by atoms with E-state index in [2.05, 4.69) is 30.7 Å². The molecule has 2 N–H and O–H groups in total. The summed E-state index contributed by atoms with van der Waals surface area (Å²) >= 11 is 0. The van der Waals surface area contributed by atoms with Crippen molar-refractivity contribution in [3.63, 3.8) is 0 Å². The van der Waals surface area contributed by atoms with E-state index in [0.717, 1.165) is 6.54 Å². The highest BCUT2D eigenvalue weighted by atomic mass is 16.5. The first kappa shape index (κ1) is 10.3. The van der Waals surface area contributed by atoms with E-state index < -0.39 is 0 Å². The molecule has 76 valence electrons. The molecule has 1 heterocycles. The van der Waals surface area contributed by atoms with Gasteiger partial charge in [0.15, 0.2) is 5.96 Å². The summed E-state index contributed by atoms with van der Waals surface area (Å²) in [5, 5.41) is 0. The summed E-state index contributed by atoms with van der Waals surface area (Å²) < 4.78 is 5.19. The van der Waals surface area contributed by atoms with Crippen LogP contribution in [0.5, 0.6) is 0 Å².